The number of rotatable bonds is 12. The highest BCUT2D eigenvalue weighted by Gasteiger charge is 2.45. The SMILES string of the molecule is CCCOc1ccc([C@@H]2C(=C(O)c3ccc(OC)cc3)C(=O)C(=O)N2CCCN(CC)CC)cc1. The lowest BCUT2D eigenvalue weighted by molar-refractivity contribution is -0.140. The van der Waals surface area contributed by atoms with E-state index in [0.717, 1.165) is 43.8 Å². The van der Waals surface area contributed by atoms with Gasteiger partial charge in [-0.3, -0.25) is 9.59 Å². The maximum absolute atomic E-state index is 13.2. The van der Waals surface area contributed by atoms with Gasteiger partial charge in [-0.1, -0.05) is 32.9 Å². The minimum absolute atomic E-state index is 0.102. The van der Waals surface area contributed by atoms with E-state index < -0.39 is 17.7 Å². The molecule has 0 spiro atoms. The van der Waals surface area contributed by atoms with Crippen molar-refractivity contribution >= 4 is 17.4 Å². The molecule has 0 aromatic heterocycles. The van der Waals surface area contributed by atoms with Gasteiger partial charge in [-0.25, -0.2) is 0 Å². The lowest BCUT2D eigenvalue weighted by Crippen LogP contribution is -2.33. The van der Waals surface area contributed by atoms with Crippen LogP contribution in [0.4, 0.5) is 0 Å². The highest BCUT2D eigenvalue weighted by atomic mass is 16.5. The highest BCUT2D eigenvalue weighted by molar-refractivity contribution is 6.46. The summed E-state index contributed by atoms with van der Waals surface area (Å²) in [7, 11) is 1.56. The number of aliphatic hydroxyl groups excluding tert-OH is 1. The summed E-state index contributed by atoms with van der Waals surface area (Å²) in [6, 6.07) is 13.5. The van der Waals surface area contributed by atoms with Crippen LogP contribution in [0.15, 0.2) is 54.1 Å². The number of nitrogens with zero attached hydrogens (tertiary/aromatic N) is 2. The quantitative estimate of drug-likeness (QED) is 0.271. The minimum Gasteiger partial charge on any atom is -0.507 e. The minimum atomic E-state index is -0.672. The van der Waals surface area contributed by atoms with E-state index in [-0.39, 0.29) is 11.3 Å². The third-order valence-electron chi connectivity index (χ3n) is 6.34. The molecule has 1 N–H and O–H groups in total. The molecule has 3 rings (SSSR count). The van der Waals surface area contributed by atoms with E-state index in [2.05, 4.69) is 18.7 Å². The summed E-state index contributed by atoms with van der Waals surface area (Å²) in [5, 5.41) is 11.2. The molecule has 1 saturated heterocycles. The van der Waals surface area contributed by atoms with E-state index in [9.17, 15) is 14.7 Å². The first kappa shape index (κ1) is 26.3. The molecule has 1 amide bonds. The van der Waals surface area contributed by atoms with Crippen molar-refractivity contribution in [3.63, 3.8) is 0 Å². The van der Waals surface area contributed by atoms with Crippen molar-refractivity contribution in [3.05, 3.63) is 65.2 Å². The van der Waals surface area contributed by atoms with Crippen LogP contribution in [0.5, 0.6) is 11.5 Å². The van der Waals surface area contributed by atoms with Crippen molar-refractivity contribution in [3.8, 4) is 11.5 Å². The van der Waals surface area contributed by atoms with Gasteiger partial charge in [-0.05, 0) is 74.4 Å². The molecule has 2 aromatic rings. The van der Waals surface area contributed by atoms with Gasteiger partial charge in [-0.15, -0.1) is 0 Å². The Hall–Kier alpha value is -3.32. The number of hydrogen-bond donors (Lipinski definition) is 1. The number of likely N-dealkylation sites (tertiary alicyclic amines) is 1. The van der Waals surface area contributed by atoms with Gasteiger partial charge >= 0.3 is 0 Å². The average molecular weight is 481 g/mol. The van der Waals surface area contributed by atoms with Crippen LogP contribution in [0.3, 0.4) is 0 Å². The van der Waals surface area contributed by atoms with Crippen molar-refractivity contribution in [1.29, 1.82) is 0 Å². The van der Waals surface area contributed by atoms with Crippen LogP contribution < -0.4 is 9.47 Å². The number of benzene rings is 2. The molecule has 188 valence electrons. The molecule has 1 fully saturated rings. The fraction of sp³-hybridized carbons (Fsp3) is 0.429. The van der Waals surface area contributed by atoms with Gasteiger partial charge in [0.05, 0.1) is 25.3 Å². The maximum atomic E-state index is 13.2. The van der Waals surface area contributed by atoms with Crippen LogP contribution in [0.2, 0.25) is 0 Å². The zero-order chi connectivity index (χ0) is 25.4. The summed E-state index contributed by atoms with van der Waals surface area (Å²) in [6.45, 7) is 9.95. The molecule has 0 saturated carbocycles. The van der Waals surface area contributed by atoms with E-state index in [1.165, 1.54) is 0 Å². The van der Waals surface area contributed by atoms with Crippen LogP contribution in [0.25, 0.3) is 5.76 Å². The number of aliphatic hydroxyl groups is 1. The van der Waals surface area contributed by atoms with Gasteiger partial charge in [0.1, 0.15) is 17.3 Å². The molecule has 1 aliphatic heterocycles. The standard InChI is InChI=1S/C28H36N2O5/c1-5-19-35-23-15-9-20(10-16-23)25-24(26(31)21-11-13-22(34-4)14-12-21)27(32)28(33)30(25)18-8-17-29(6-2)7-3/h9-16,25,31H,5-8,17-19H2,1-4H3/t25-/m1/s1. The summed E-state index contributed by atoms with van der Waals surface area (Å²) in [5.41, 5.74) is 1.32. The topological polar surface area (TPSA) is 79.3 Å². The van der Waals surface area contributed by atoms with Crippen molar-refractivity contribution < 1.29 is 24.2 Å². The number of hydrogen-bond acceptors (Lipinski definition) is 6. The predicted octanol–water partition coefficient (Wildman–Crippen LogP) is 4.64. The van der Waals surface area contributed by atoms with Crippen molar-refractivity contribution in [1.82, 2.24) is 9.80 Å². The average Bonchev–Trinajstić information content (AvgIpc) is 3.14. The van der Waals surface area contributed by atoms with Crippen LogP contribution in [0, 0.1) is 0 Å². The molecule has 1 heterocycles. The molecule has 35 heavy (non-hydrogen) atoms. The highest BCUT2D eigenvalue weighted by Crippen LogP contribution is 2.40. The molecule has 0 unspecified atom stereocenters. The number of Topliss-reactive ketones (excluding diaryl/α,β-unsaturated/α-hetero) is 1. The van der Waals surface area contributed by atoms with Crippen molar-refractivity contribution in [2.45, 2.75) is 39.7 Å². The van der Waals surface area contributed by atoms with Gasteiger partial charge in [0.2, 0.25) is 0 Å². The second-order valence-electron chi connectivity index (χ2n) is 8.52. The number of carbonyl (C=O) groups excluding carboxylic acids is 2. The van der Waals surface area contributed by atoms with Crippen LogP contribution in [-0.2, 0) is 9.59 Å². The van der Waals surface area contributed by atoms with Gasteiger partial charge in [0.15, 0.2) is 0 Å². The Morgan fingerprint density at radius 3 is 2.17 bits per heavy atom. The van der Waals surface area contributed by atoms with Crippen LogP contribution in [-0.4, -0.2) is 66.5 Å². The van der Waals surface area contributed by atoms with E-state index in [0.29, 0.717) is 24.5 Å². The lowest BCUT2D eigenvalue weighted by atomic mass is 9.95. The monoisotopic (exact) mass is 480 g/mol. The third kappa shape index (κ3) is 6.03. The predicted molar refractivity (Wildman–Crippen MR) is 137 cm³/mol. The fourth-order valence-corrected chi connectivity index (χ4v) is 4.33. The summed E-state index contributed by atoms with van der Waals surface area (Å²) < 4.78 is 10.9. The van der Waals surface area contributed by atoms with Gasteiger partial charge in [0, 0.05) is 12.1 Å². The summed E-state index contributed by atoms with van der Waals surface area (Å²) >= 11 is 0. The normalized spacial score (nSPS) is 17.3. The summed E-state index contributed by atoms with van der Waals surface area (Å²) in [4.78, 5) is 30.2. The van der Waals surface area contributed by atoms with Gasteiger partial charge in [-0.2, -0.15) is 0 Å². The molecule has 2 aromatic carbocycles. The number of carbonyl (C=O) groups is 2. The third-order valence-corrected chi connectivity index (χ3v) is 6.34. The molecule has 1 atom stereocenters. The van der Waals surface area contributed by atoms with E-state index >= 15 is 0 Å². The zero-order valence-electron chi connectivity index (χ0n) is 21.1. The van der Waals surface area contributed by atoms with Crippen LogP contribution in [0.1, 0.15) is 50.8 Å². The molecular weight excluding hydrogens is 444 g/mol. The van der Waals surface area contributed by atoms with Crippen molar-refractivity contribution in [2.24, 2.45) is 0 Å². The van der Waals surface area contributed by atoms with Gasteiger partial charge < -0.3 is 24.4 Å². The van der Waals surface area contributed by atoms with Crippen molar-refractivity contribution in [2.75, 3.05) is 39.9 Å². The van der Waals surface area contributed by atoms with E-state index in [1.54, 1.807) is 36.3 Å². The molecule has 7 heteroatoms. The number of ketones is 1. The molecule has 0 bridgehead atoms. The Kier molecular flexibility index (Phi) is 9.32. The Labute approximate surface area is 207 Å². The lowest BCUT2D eigenvalue weighted by Gasteiger charge is -2.27. The second-order valence-corrected chi connectivity index (χ2v) is 8.52. The molecule has 1 aliphatic rings. The first-order chi connectivity index (χ1) is 16.9. The second kappa shape index (κ2) is 12.4. The maximum Gasteiger partial charge on any atom is 0.295 e. The number of amides is 1. The Morgan fingerprint density at radius 2 is 1.60 bits per heavy atom. The largest absolute Gasteiger partial charge is 0.507 e. The summed E-state index contributed by atoms with van der Waals surface area (Å²) in [5.74, 6) is -0.0798. The van der Waals surface area contributed by atoms with E-state index in [4.69, 9.17) is 9.47 Å². The fourth-order valence-electron chi connectivity index (χ4n) is 4.33. The molecule has 0 radical (unpaired) electrons. The molecule has 7 nitrogen and oxygen atoms in total. The number of methoxy groups -OCH3 is 1. The first-order valence-corrected chi connectivity index (χ1v) is 12.3. The van der Waals surface area contributed by atoms with Crippen LogP contribution >= 0.6 is 0 Å². The van der Waals surface area contributed by atoms with Gasteiger partial charge in [0.25, 0.3) is 11.7 Å². The first-order valence-electron chi connectivity index (χ1n) is 12.3. The zero-order valence-corrected chi connectivity index (χ0v) is 21.1. The molecule has 0 aliphatic carbocycles. The smallest absolute Gasteiger partial charge is 0.295 e. The Morgan fingerprint density at radius 1 is 0.971 bits per heavy atom. The van der Waals surface area contributed by atoms with E-state index in [1.807, 2.05) is 31.2 Å². The Bertz CT molecular complexity index is 1030. The summed E-state index contributed by atoms with van der Waals surface area (Å²) in [6.07, 6.45) is 1.63. The Balaban J connectivity index is 1.99. The molecular formula is C28H36N2O5. The number of ether oxygens (including phenoxy) is 2.